The largest absolute Gasteiger partial charge is 0.507 e. The molecule has 0 spiro atoms. The van der Waals surface area contributed by atoms with Crippen LogP contribution in [0.25, 0.3) is 10.1 Å². The number of carbonyl (C=O) groups excluding carboxylic acids is 2. The summed E-state index contributed by atoms with van der Waals surface area (Å²) in [5.41, 5.74) is 2.65. The third-order valence-electron chi connectivity index (χ3n) is 3.78. The summed E-state index contributed by atoms with van der Waals surface area (Å²) in [5, 5.41) is 17.2. The van der Waals surface area contributed by atoms with Crippen molar-refractivity contribution in [3.63, 3.8) is 0 Å². The van der Waals surface area contributed by atoms with Crippen LogP contribution in [0.5, 0.6) is 11.5 Å². The molecule has 0 aliphatic carbocycles. The van der Waals surface area contributed by atoms with Crippen molar-refractivity contribution in [2.24, 2.45) is 5.10 Å². The van der Waals surface area contributed by atoms with Crippen LogP contribution in [-0.4, -0.2) is 36.8 Å². The van der Waals surface area contributed by atoms with Crippen LogP contribution in [0.4, 0.5) is 0 Å². The van der Waals surface area contributed by atoms with Gasteiger partial charge in [0.25, 0.3) is 11.8 Å². The standard InChI is InChI=1S/C19H16ClN3O4S/c1-27-12-6-7-14(24)11(8-12)9-22-23-16(25)10-21-19(26)18-17(20)13-4-2-3-5-15(13)28-18/h2-9,24H,10H2,1H3,(H,21,26)(H,23,25)/b22-9+. The molecule has 0 aliphatic rings. The first-order valence-electron chi connectivity index (χ1n) is 8.13. The summed E-state index contributed by atoms with van der Waals surface area (Å²) in [4.78, 5) is 24.5. The van der Waals surface area contributed by atoms with E-state index in [2.05, 4.69) is 15.8 Å². The molecule has 3 rings (SSSR count). The van der Waals surface area contributed by atoms with Crippen LogP contribution in [0.3, 0.4) is 0 Å². The average Bonchev–Trinajstić information content (AvgIpc) is 3.04. The zero-order valence-electron chi connectivity index (χ0n) is 14.7. The maximum absolute atomic E-state index is 12.3. The summed E-state index contributed by atoms with van der Waals surface area (Å²) in [6, 6.07) is 12.0. The average molecular weight is 418 g/mol. The number of hydrogen-bond acceptors (Lipinski definition) is 6. The number of nitrogens with zero attached hydrogens (tertiary/aromatic N) is 1. The van der Waals surface area contributed by atoms with Gasteiger partial charge in [-0.1, -0.05) is 29.8 Å². The van der Waals surface area contributed by atoms with Crippen LogP contribution in [-0.2, 0) is 4.79 Å². The van der Waals surface area contributed by atoms with Crippen LogP contribution in [0.15, 0.2) is 47.6 Å². The molecule has 28 heavy (non-hydrogen) atoms. The number of hydrazone groups is 1. The Bertz CT molecular complexity index is 1060. The second-order valence-electron chi connectivity index (χ2n) is 5.64. The Morgan fingerprint density at radius 2 is 2.07 bits per heavy atom. The number of methoxy groups -OCH3 is 1. The lowest BCUT2D eigenvalue weighted by Gasteiger charge is -2.04. The van der Waals surface area contributed by atoms with Crippen LogP contribution >= 0.6 is 22.9 Å². The van der Waals surface area contributed by atoms with Crippen LogP contribution in [0.1, 0.15) is 15.2 Å². The summed E-state index contributed by atoms with van der Waals surface area (Å²) in [6.07, 6.45) is 1.28. The van der Waals surface area contributed by atoms with Gasteiger partial charge in [0.2, 0.25) is 0 Å². The van der Waals surface area contributed by atoms with Gasteiger partial charge in [0.15, 0.2) is 0 Å². The van der Waals surface area contributed by atoms with E-state index in [4.69, 9.17) is 16.3 Å². The van der Waals surface area contributed by atoms with E-state index in [1.165, 1.54) is 30.7 Å². The van der Waals surface area contributed by atoms with Gasteiger partial charge in [-0.25, -0.2) is 5.43 Å². The highest BCUT2D eigenvalue weighted by Crippen LogP contribution is 2.34. The van der Waals surface area contributed by atoms with Gasteiger partial charge in [0.05, 0.1) is 24.9 Å². The number of ether oxygens (including phenoxy) is 1. The van der Waals surface area contributed by atoms with Gasteiger partial charge in [-0.05, 0) is 24.3 Å². The van der Waals surface area contributed by atoms with Crippen molar-refractivity contribution in [2.45, 2.75) is 0 Å². The number of phenolic OH excluding ortho intramolecular Hbond substituents is 1. The minimum Gasteiger partial charge on any atom is -0.507 e. The van der Waals surface area contributed by atoms with Gasteiger partial charge in [-0.3, -0.25) is 9.59 Å². The molecule has 0 unspecified atom stereocenters. The van der Waals surface area contributed by atoms with Crippen molar-refractivity contribution in [2.75, 3.05) is 13.7 Å². The fourth-order valence-corrected chi connectivity index (χ4v) is 3.81. The fourth-order valence-electron chi connectivity index (χ4n) is 2.38. The molecule has 0 aliphatic heterocycles. The zero-order chi connectivity index (χ0) is 20.1. The number of amides is 2. The van der Waals surface area contributed by atoms with Gasteiger partial charge >= 0.3 is 0 Å². The first-order chi connectivity index (χ1) is 13.5. The van der Waals surface area contributed by atoms with Crippen LogP contribution in [0.2, 0.25) is 5.02 Å². The minimum atomic E-state index is -0.524. The summed E-state index contributed by atoms with van der Waals surface area (Å²) >= 11 is 7.51. The number of aromatic hydroxyl groups is 1. The summed E-state index contributed by atoms with van der Waals surface area (Å²) < 4.78 is 5.95. The topological polar surface area (TPSA) is 100 Å². The normalized spacial score (nSPS) is 10.9. The van der Waals surface area contributed by atoms with Gasteiger partial charge in [-0.2, -0.15) is 5.10 Å². The highest BCUT2D eigenvalue weighted by molar-refractivity contribution is 7.21. The van der Waals surface area contributed by atoms with Gasteiger partial charge in [0, 0.05) is 15.6 Å². The lowest BCUT2D eigenvalue weighted by atomic mass is 10.2. The molecule has 0 fully saturated rings. The Kier molecular flexibility index (Phi) is 6.13. The fraction of sp³-hybridized carbons (Fsp3) is 0.105. The first kappa shape index (κ1) is 19.7. The molecule has 0 radical (unpaired) electrons. The molecule has 2 amide bonds. The van der Waals surface area contributed by atoms with E-state index in [1.54, 1.807) is 12.1 Å². The molecular weight excluding hydrogens is 402 g/mol. The zero-order valence-corrected chi connectivity index (χ0v) is 16.3. The predicted octanol–water partition coefficient (Wildman–Crippen LogP) is 3.15. The monoisotopic (exact) mass is 417 g/mol. The van der Waals surface area contributed by atoms with Gasteiger partial charge in [0.1, 0.15) is 16.4 Å². The minimum absolute atomic E-state index is 0.00787. The molecular formula is C19H16ClN3O4S. The molecule has 9 heteroatoms. The third kappa shape index (κ3) is 4.41. The highest BCUT2D eigenvalue weighted by atomic mass is 35.5. The molecule has 1 aromatic heterocycles. The first-order valence-corrected chi connectivity index (χ1v) is 9.33. The maximum atomic E-state index is 12.3. The van der Waals surface area contributed by atoms with Crippen molar-refractivity contribution < 1.29 is 19.4 Å². The van der Waals surface area contributed by atoms with E-state index in [0.717, 1.165) is 10.1 Å². The second kappa shape index (κ2) is 8.73. The number of nitrogens with one attached hydrogen (secondary N) is 2. The lowest BCUT2D eigenvalue weighted by Crippen LogP contribution is -2.34. The molecule has 0 saturated heterocycles. The molecule has 0 bridgehead atoms. The van der Waals surface area contributed by atoms with E-state index in [9.17, 15) is 14.7 Å². The molecule has 7 nitrogen and oxygen atoms in total. The lowest BCUT2D eigenvalue weighted by molar-refractivity contribution is -0.120. The maximum Gasteiger partial charge on any atom is 0.263 e. The van der Waals surface area contributed by atoms with E-state index in [1.807, 2.05) is 24.3 Å². The number of benzene rings is 2. The Morgan fingerprint density at radius 3 is 2.82 bits per heavy atom. The summed E-state index contributed by atoms with van der Waals surface area (Å²) in [6.45, 7) is -0.273. The van der Waals surface area contributed by atoms with Crippen molar-refractivity contribution >= 4 is 51.1 Å². The summed E-state index contributed by atoms with van der Waals surface area (Å²) in [5.74, 6) is -0.426. The molecule has 0 atom stereocenters. The quantitative estimate of drug-likeness (QED) is 0.423. The Balaban J connectivity index is 1.56. The number of phenols is 1. The van der Waals surface area contributed by atoms with E-state index in [-0.39, 0.29) is 12.3 Å². The van der Waals surface area contributed by atoms with Gasteiger partial charge in [-0.15, -0.1) is 11.3 Å². The number of fused-ring (bicyclic) bond motifs is 1. The smallest absolute Gasteiger partial charge is 0.263 e. The molecule has 2 aromatic carbocycles. The van der Waals surface area contributed by atoms with Crippen molar-refractivity contribution in [1.29, 1.82) is 0 Å². The van der Waals surface area contributed by atoms with Crippen molar-refractivity contribution in [3.8, 4) is 11.5 Å². The van der Waals surface area contributed by atoms with Crippen LogP contribution < -0.4 is 15.5 Å². The molecule has 144 valence electrons. The molecule has 0 saturated carbocycles. The predicted molar refractivity (Wildman–Crippen MR) is 110 cm³/mol. The molecule has 3 N–H and O–H groups in total. The molecule has 3 aromatic rings. The highest BCUT2D eigenvalue weighted by Gasteiger charge is 2.17. The van der Waals surface area contributed by atoms with Crippen molar-refractivity contribution in [3.05, 3.63) is 57.9 Å². The number of halogens is 1. The Hall–Kier alpha value is -3.10. The summed E-state index contributed by atoms with van der Waals surface area (Å²) in [7, 11) is 1.50. The molecule has 1 heterocycles. The number of thiophene rings is 1. The Labute approximate surface area is 169 Å². The van der Waals surface area contributed by atoms with E-state index >= 15 is 0 Å². The van der Waals surface area contributed by atoms with Crippen LogP contribution in [0, 0.1) is 0 Å². The number of hydrogen-bond donors (Lipinski definition) is 3. The van der Waals surface area contributed by atoms with Gasteiger partial charge < -0.3 is 15.2 Å². The van der Waals surface area contributed by atoms with E-state index < -0.39 is 11.8 Å². The number of rotatable bonds is 6. The van der Waals surface area contributed by atoms with Crippen molar-refractivity contribution in [1.82, 2.24) is 10.7 Å². The number of carbonyl (C=O) groups is 2. The Morgan fingerprint density at radius 1 is 1.29 bits per heavy atom. The second-order valence-corrected chi connectivity index (χ2v) is 7.07. The van der Waals surface area contributed by atoms with E-state index in [0.29, 0.717) is 21.2 Å². The third-order valence-corrected chi connectivity index (χ3v) is 5.45. The SMILES string of the molecule is COc1ccc(O)c(/C=N/NC(=O)CNC(=O)c2sc3ccccc3c2Cl)c1.